The summed E-state index contributed by atoms with van der Waals surface area (Å²) in [7, 11) is 3.29. The Labute approximate surface area is 170 Å². The van der Waals surface area contributed by atoms with Gasteiger partial charge < -0.3 is 20.1 Å². The topological polar surface area (TPSA) is 67.8 Å². The van der Waals surface area contributed by atoms with Gasteiger partial charge in [0.05, 0.1) is 13.7 Å². The Balaban J connectivity index is 0.00000338. The predicted octanol–water partition coefficient (Wildman–Crippen LogP) is 2.98. The van der Waals surface area contributed by atoms with Crippen LogP contribution in [0.3, 0.4) is 0 Å². The van der Waals surface area contributed by atoms with Crippen molar-refractivity contribution in [3.63, 3.8) is 0 Å². The average Bonchev–Trinajstić information content (AvgIpc) is 2.64. The first-order chi connectivity index (χ1) is 12.1. The van der Waals surface area contributed by atoms with Crippen LogP contribution in [0.2, 0.25) is 0 Å². The molecule has 2 aromatic rings. The number of hydrogen-bond acceptors (Lipinski definition) is 4. The summed E-state index contributed by atoms with van der Waals surface area (Å²) < 4.78 is 23.6. The number of pyridine rings is 1. The zero-order valence-electron chi connectivity index (χ0n) is 15.0. The highest BCUT2D eigenvalue weighted by Crippen LogP contribution is 2.12. The first kappa shape index (κ1) is 21.9. The fourth-order valence-corrected chi connectivity index (χ4v) is 2.07. The number of benzene rings is 1. The molecule has 6 nitrogen and oxygen atoms in total. The van der Waals surface area contributed by atoms with Crippen LogP contribution in [-0.2, 0) is 6.54 Å². The van der Waals surface area contributed by atoms with E-state index >= 15 is 0 Å². The maximum absolute atomic E-state index is 12.9. The van der Waals surface area contributed by atoms with Crippen LogP contribution in [-0.4, -0.2) is 37.7 Å². The number of rotatable bonds is 7. The molecular formula is C18H24FIN4O2. The number of nitrogens with zero attached hydrogens (tertiary/aromatic N) is 2. The summed E-state index contributed by atoms with van der Waals surface area (Å²) in [6.07, 6.45) is 1.64. The maximum Gasteiger partial charge on any atom is 0.212 e. The summed E-state index contributed by atoms with van der Waals surface area (Å²) in [5, 5.41) is 6.39. The first-order valence-corrected chi connectivity index (χ1v) is 7.96. The van der Waals surface area contributed by atoms with Crippen LogP contribution in [0.1, 0.15) is 12.5 Å². The van der Waals surface area contributed by atoms with Crippen molar-refractivity contribution in [3.05, 3.63) is 54.0 Å². The van der Waals surface area contributed by atoms with Crippen LogP contribution in [0.4, 0.5) is 4.39 Å². The van der Waals surface area contributed by atoms with Gasteiger partial charge in [-0.2, -0.15) is 0 Å². The molecule has 0 radical (unpaired) electrons. The minimum absolute atomic E-state index is 0. The fraction of sp³-hybridized carbons (Fsp3) is 0.333. The lowest BCUT2D eigenvalue weighted by atomic mass is 10.3. The molecule has 0 aliphatic carbocycles. The van der Waals surface area contributed by atoms with E-state index in [9.17, 15) is 4.39 Å². The minimum atomic E-state index is -0.282. The van der Waals surface area contributed by atoms with E-state index in [-0.39, 0.29) is 35.9 Å². The van der Waals surface area contributed by atoms with Crippen molar-refractivity contribution < 1.29 is 13.9 Å². The van der Waals surface area contributed by atoms with Gasteiger partial charge in [0, 0.05) is 25.9 Å². The number of halogens is 2. The second kappa shape index (κ2) is 11.5. The van der Waals surface area contributed by atoms with Crippen molar-refractivity contribution in [3.8, 4) is 11.6 Å². The number of guanidine groups is 1. The summed E-state index contributed by atoms with van der Waals surface area (Å²) in [4.78, 5) is 8.33. The van der Waals surface area contributed by atoms with E-state index in [0.717, 1.165) is 5.56 Å². The number of ether oxygens (including phenoxy) is 2. The largest absolute Gasteiger partial charge is 0.489 e. The third kappa shape index (κ3) is 7.42. The molecule has 0 aliphatic rings. The van der Waals surface area contributed by atoms with Crippen LogP contribution < -0.4 is 20.1 Å². The van der Waals surface area contributed by atoms with Gasteiger partial charge in [-0.3, -0.25) is 4.99 Å². The Hall–Kier alpha value is -2.10. The van der Waals surface area contributed by atoms with Crippen LogP contribution in [0, 0.1) is 5.82 Å². The molecule has 26 heavy (non-hydrogen) atoms. The molecule has 2 N–H and O–H groups in total. The normalized spacial score (nSPS) is 11.9. The number of nitrogens with one attached hydrogen (secondary N) is 2. The van der Waals surface area contributed by atoms with Crippen molar-refractivity contribution in [2.75, 3.05) is 20.7 Å². The van der Waals surface area contributed by atoms with Gasteiger partial charge in [0.2, 0.25) is 5.88 Å². The van der Waals surface area contributed by atoms with Gasteiger partial charge in [0.25, 0.3) is 0 Å². The number of aromatic nitrogens is 1. The van der Waals surface area contributed by atoms with Gasteiger partial charge in [0.15, 0.2) is 5.96 Å². The average molecular weight is 474 g/mol. The van der Waals surface area contributed by atoms with Gasteiger partial charge in [-0.05, 0) is 36.8 Å². The van der Waals surface area contributed by atoms with E-state index in [2.05, 4.69) is 20.6 Å². The van der Waals surface area contributed by atoms with E-state index in [0.29, 0.717) is 30.7 Å². The molecule has 142 valence electrons. The molecule has 2 rings (SSSR count). The highest BCUT2D eigenvalue weighted by Gasteiger charge is 2.06. The highest BCUT2D eigenvalue weighted by molar-refractivity contribution is 14.0. The van der Waals surface area contributed by atoms with Gasteiger partial charge in [0.1, 0.15) is 17.7 Å². The van der Waals surface area contributed by atoms with Crippen LogP contribution in [0.15, 0.2) is 47.6 Å². The van der Waals surface area contributed by atoms with Crippen LogP contribution >= 0.6 is 24.0 Å². The molecule has 0 saturated heterocycles. The number of aliphatic imine (C=N–C) groups is 1. The van der Waals surface area contributed by atoms with E-state index in [1.807, 2.05) is 19.1 Å². The molecule has 0 aliphatic heterocycles. The lowest BCUT2D eigenvalue weighted by molar-refractivity contribution is 0.223. The Morgan fingerprint density at radius 2 is 1.92 bits per heavy atom. The molecule has 1 heterocycles. The Morgan fingerprint density at radius 3 is 2.50 bits per heavy atom. The summed E-state index contributed by atoms with van der Waals surface area (Å²) in [5.74, 6) is 1.59. The summed E-state index contributed by atoms with van der Waals surface area (Å²) in [5.41, 5.74) is 1.01. The monoisotopic (exact) mass is 474 g/mol. The van der Waals surface area contributed by atoms with Gasteiger partial charge >= 0.3 is 0 Å². The summed E-state index contributed by atoms with van der Waals surface area (Å²) >= 11 is 0. The smallest absolute Gasteiger partial charge is 0.212 e. The zero-order chi connectivity index (χ0) is 18.1. The van der Waals surface area contributed by atoms with Gasteiger partial charge in [-0.25, -0.2) is 9.37 Å². The second-order valence-electron chi connectivity index (χ2n) is 5.40. The lowest BCUT2D eigenvalue weighted by Gasteiger charge is -2.17. The number of hydrogen-bond donors (Lipinski definition) is 2. The number of methoxy groups -OCH3 is 1. The predicted molar refractivity (Wildman–Crippen MR) is 111 cm³/mol. The molecule has 0 bridgehead atoms. The molecule has 1 atom stereocenters. The molecule has 0 fully saturated rings. The second-order valence-corrected chi connectivity index (χ2v) is 5.40. The van der Waals surface area contributed by atoms with E-state index in [1.54, 1.807) is 32.5 Å². The Bertz CT molecular complexity index is 681. The van der Waals surface area contributed by atoms with Crippen molar-refractivity contribution in [2.45, 2.75) is 19.6 Å². The molecule has 1 aromatic carbocycles. The summed E-state index contributed by atoms with van der Waals surface area (Å²) in [6.45, 7) is 3.07. The first-order valence-electron chi connectivity index (χ1n) is 7.96. The van der Waals surface area contributed by atoms with Crippen molar-refractivity contribution >= 4 is 29.9 Å². The van der Waals surface area contributed by atoms with E-state index in [4.69, 9.17) is 9.47 Å². The van der Waals surface area contributed by atoms with Crippen molar-refractivity contribution in [1.82, 2.24) is 15.6 Å². The van der Waals surface area contributed by atoms with Gasteiger partial charge in [-0.15, -0.1) is 24.0 Å². The van der Waals surface area contributed by atoms with Gasteiger partial charge in [-0.1, -0.05) is 6.07 Å². The summed E-state index contributed by atoms with van der Waals surface area (Å²) in [6, 6.07) is 9.71. The lowest BCUT2D eigenvalue weighted by Crippen LogP contribution is -2.41. The molecule has 0 spiro atoms. The molecular weight excluding hydrogens is 450 g/mol. The highest BCUT2D eigenvalue weighted by atomic mass is 127. The SMILES string of the molecule is CN=C(NCc1ccc(OC)nc1)NCC(C)Oc1ccc(F)cc1.I. The molecule has 8 heteroatoms. The molecule has 1 unspecified atom stereocenters. The quantitative estimate of drug-likeness (QED) is 0.367. The van der Waals surface area contributed by atoms with E-state index < -0.39 is 0 Å². The van der Waals surface area contributed by atoms with Crippen molar-refractivity contribution in [1.29, 1.82) is 0 Å². The van der Waals surface area contributed by atoms with Crippen LogP contribution in [0.25, 0.3) is 0 Å². The Morgan fingerprint density at radius 1 is 1.19 bits per heavy atom. The standard InChI is InChI=1S/C18H23FN4O2.HI/c1-13(25-16-7-5-15(19)6-8-16)10-22-18(20-2)23-12-14-4-9-17(24-3)21-11-14;/h4-9,11,13H,10,12H2,1-3H3,(H2,20,22,23);1H. The molecule has 0 amide bonds. The Kier molecular flexibility index (Phi) is 9.71. The third-order valence-corrected chi connectivity index (χ3v) is 3.40. The zero-order valence-corrected chi connectivity index (χ0v) is 17.4. The van der Waals surface area contributed by atoms with E-state index in [1.165, 1.54) is 12.1 Å². The maximum atomic E-state index is 12.9. The fourth-order valence-electron chi connectivity index (χ4n) is 2.07. The molecule has 0 saturated carbocycles. The molecule has 1 aromatic heterocycles. The minimum Gasteiger partial charge on any atom is -0.489 e. The third-order valence-electron chi connectivity index (χ3n) is 3.40. The van der Waals surface area contributed by atoms with Crippen LogP contribution in [0.5, 0.6) is 11.6 Å². The van der Waals surface area contributed by atoms with Crippen molar-refractivity contribution in [2.24, 2.45) is 4.99 Å².